The highest BCUT2D eigenvalue weighted by molar-refractivity contribution is 5.76. The first kappa shape index (κ1) is 13.6. The molecule has 0 bridgehead atoms. The molecule has 0 aromatic heterocycles. The molecule has 0 heterocycles. The second-order valence-electron chi connectivity index (χ2n) is 5.59. The Labute approximate surface area is 112 Å². The molecule has 2 atom stereocenters. The van der Waals surface area contributed by atoms with E-state index in [0.29, 0.717) is 0 Å². The fraction of sp³-hybridized carbons (Fsp3) is 0.467. The summed E-state index contributed by atoms with van der Waals surface area (Å²) in [6.07, 6.45) is 0.228. The van der Waals surface area contributed by atoms with Gasteiger partial charge in [-0.15, -0.1) is 0 Å². The van der Waals surface area contributed by atoms with Crippen LogP contribution in [0.3, 0.4) is 0 Å². The van der Waals surface area contributed by atoms with Gasteiger partial charge in [-0.2, -0.15) is 0 Å². The van der Waals surface area contributed by atoms with Crippen molar-refractivity contribution in [2.75, 3.05) is 6.61 Å². The fourth-order valence-corrected chi connectivity index (χ4v) is 2.54. The van der Waals surface area contributed by atoms with Gasteiger partial charge in [0.25, 0.3) is 0 Å². The number of carboxylic acid groups (broad SMARTS) is 1. The van der Waals surface area contributed by atoms with E-state index in [1.165, 1.54) is 0 Å². The average molecular weight is 262 g/mol. The van der Waals surface area contributed by atoms with Gasteiger partial charge >= 0.3 is 11.9 Å². The van der Waals surface area contributed by atoms with Crippen LogP contribution in [0.4, 0.5) is 0 Å². The third kappa shape index (κ3) is 2.95. The Balaban J connectivity index is 1.81. The van der Waals surface area contributed by atoms with E-state index < -0.39 is 11.9 Å². The monoisotopic (exact) mass is 262 g/mol. The van der Waals surface area contributed by atoms with E-state index in [0.717, 1.165) is 5.56 Å². The Hall–Kier alpha value is -1.84. The predicted octanol–water partition coefficient (Wildman–Crippen LogP) is 2.13. The van der Waals surface area contributed by atoms with Crippen LogP contribution in [0.25, 0.3) is 0 Å². The molecule has 4 nitrogen and oxygen atoms in total. The van der Waals surface area contributed by atoms with Gasteiger partial charge in [0.15, 0.2) is 0 Å². The maximum Gasteiger partial charge on any atom is 0.310 e. The summed E-state index contributed by atoms with van der Waals surface area (Å²) in [6, 6.07) is 9.35. The first-order valence-electron chi connectivity index (χ1n) is 6.35. The average Bonchev–Trinajstić information content (AvgIpc) is 2.90. The van der Waals surface area contributed by atoms with Crippen LogP contribution in [-0.4, -0.2) is 23.7 Å². The lowest BCUT2D eigenvalue weighted by atomic mass is 10.1. The summed E-state index contributed by atoms with van der Waals surface area (Å²) in [5.41, 5.74) is 0.621. The van der Waals surface area contributed by atoms with Crippen molar-refractivity contribution in [2.24, 2.45) is 17.3 Å². The number of carbonyl (C=O) groups is 2. The summed E-state index contributed by atoms with van der Waals surface area (Å²) in [4.78, 5) is 22.6. The van der Waals surface area contributed by atoms with Crippen molar-refractivity contribution < 1.29 is 19.4 Å². The van der Waals surface area contributed by atoms with Crippen LogP contribution >= 0.6 is 0 Å². The summed E-state index contributed by atoms with van der Waals surface area (Å²) >= 11 is 0. The summed E-state index contributed by atoms with van der Waals surface area (Å²) < 4.78 is 5.18. The molecular formula is C15H18O4. The fourth-order valence-electron chi connectivity index (χ4n) is 2.54. The lowest BCUT2D eigenvalue weighted by Gasteiger charge is -2.05. The van der Waals surface area contributed by atoms with E-state index in [9.17, 15) is 9.59 Å². The molecule has 0 spiro atoms. The normalized spacial score (nSPS) is 23.7. The Morgan fingerprint density at radius 1 is 1.26 bits per heavy atom. The van der Waals surface area contributed by atoms with Crippen molar-refractivity contribution in [3.8, 4) is 0 Å². The van der Waals surface area contributed by atoms with Crippen molar-refractivity contribution in [3.63, 3.8) is 0 Å². The molecule has 19 heavy (non-hydrogen) atoms. The number of rotatable bonds is 5. The molecule has 0 radical (unpaired) electrons. The Morgan fingerprint density at radius 2 is 1.89 bits per heavy atom. The first-order valence-corrected chi connectivity index (χ1v) is 6.35. The van der Waals surface area contributed by atoms with Crippen molar-refractivity contribution in [2.45, 2.75) is 20.3 Å². The summed E-state index contributed by atoms with van der Waals surface area (Å²) in [5, 5.41) is 9.02. The van der Waals surface area contributed by atoms with Gasteiger partial charge in [0.2, 0.25) is 0 Å². The zero-order valence-corrected chi connectivity index (χ0v) is 11.1. The molecule has 2 unspecified atom stereocenters. The third-order valence-corrected chi connectivity index (χ3v) is 3.93. The van der Waals surface area contributed by atoms with Gasteiger partial charge in [-0.05, 0) is 11.0 Å². The molecule has 102 valence electrons. The Morgan fingerprint density at radius 3 is 2.42 bits per heavy atom. The SMILES string of the molecule is CC1(C)C(COC(=O)Cc2ccccc2)C1C(=O)O. The minimum atomic E-state index is -0.811. The van der Waals surface area contributed by atoms with E-state index in [1.54, 1.807) is 0 Å². The Kier molecular flexibility index (Phi) is 3.60. The van der Waals surface area contributed by atoms with Crippen molar-refractivity contribution in [1.29, 1.82) is 0 Å². The van der Waals surface area contributed by atoms with Crippen molar-refractivity contribution in [3.05, 3.63) is 35.9 Å². The van der Waals surface area contributed by atoms with Crippen LogP contribution in [0.2, 0.25) is 0 Å². The highest BCUT2D eigenvalue weighted by Crippen LogP contribution is 2.58. The van der Waals surface area contributed by atoms with Crippen LogP contribution < -0.4 is 0 Å². The second kappa shape index (κ2) is 5.03. The van der Waals surface area contributed by atoms with Crippen molar-refractivity contribution >= 4 is 11.9 Å². The molecule has 4 heteroatoms. The summed E-state index contributed by atoms with van der Waals surface area (Å²) in [5.74, 6) is -1.60. The van der Waals surface area contributed by atoms with Gasteiger partial charge in [0, 0.05) is 5.92 Å². The van der Waals surface area contributed by atoms with Gasteiger partial charge < -0.3 is 9.84 Å². The minimum absolute atomic E-state index is 0.0790. The van der Waals surface area contributed by atoms with E-state index in [2.05, 4.69) is 0 Å². The molecule has 1 aliphatic rings. The highest BCUT2D eigenvalue weighted by Gasteiger charge is 2.62. The molecule has 1 aromatic rings. The van der Waals surface area contributed by atoms with Gasteiger partial charge in [0.05, 0.1) is 18.9 Å². The minimum Gasteiger partial charge on any atom is -0.481 e. The van der Waals surface area contributed by atoms with Crippen LogP contribution in [0.1, 0.15) is 19.4 Å². The molecule has 1 fully saturated rings. The maximum atomic E-state index is 11.7. The quantitative estimate of drug-likeness (QED) is 0.826. The van der Waals surface area contributed by atoms with Crippen LogP contribution in [-0.2, 0) is 20.7 Å². The van der Waals surface area contributed by atoms with E-state index in [-0.39, 0.29) is 30.3 Å². The largest absolute Gasteiger partial charge is 0.481 e. The first-order chi connectivity index (χ1) is 8.93. The Bertz CT molecular complexity index is 478. The van der Waals surface area contributed by atoms with Gasteiger partial charge in [0.1, 0.15) is 0 Å². The number of carbonyl (C=O) groups excluding carboxylic acids is 1. The van der Waals surface area contributed by atoms with E-state index in [1.807, 2.05) is 44.2 Å². The topological polar surface area (TPSA) is 63.6 Å². The number of benzene rings is 1. The number of hydrogen-bond acceptors (Lipinski definition) is 3. The molecule has 0 aliphatic heterocycles. The second-order valence-corrected chi connectivity index (χ2v) is 5.59. The maximum absolute atomic E-state index is 11.7. The van der Waals surface area contributed by atoms with Crippen LogP contribution in [0.5, 0.6) is 0 Å². The number of aliphatic carboxylic acids is 1. The molecule has 0 amide bonds. The molecule has 1 N–H and O–H groups in total. The van der Waals surface area contributed by atoms with E-state index >= 15 is 0 Å². The van der Waals surface area contributed by atoms with Crippen LogP contribution in [0.15, 0.2) is 30.3 Å². The standard InChI is InChI=1S/C15H18O4/c1-15(2)11(13(15)14(17)18)9-19-12(16)8-10-6-4-3-5-7-10/h3-7,11,13H,8-9H2,1-2H3,(H,17,18). The molecular weight excluding hydrogens is 244 g/mol. The number of ether oxygens (including phenoxy) is 1. The lowest BCUT2D eigenvalue weighted by Crippen LogP contribution is -2.12. The highest BCUT2D eigenvalue weighted by atomic mass is 16.5. The zero-order chi connectivity index (χ0) is 14.0. The lowest BCUT2D eigenvalue weighted by molar-refractivity contribution is -0.145. The third-order valence-electron chi connectivity index (χ3n) is 3.93. The summed E-state index contributed by atoms with van der Waals surface area (Å²) in [7, 11) is 0. The number of carboxylic acids is 1. The molecule has 2 rings (SSSR count). The number of esters is 1. The van der Waals surface area contributed by atoms with Gasteiger partial charge in [-0.1, -0.05) is 44.2 Å². The van der Waals surface area contributed by atoms with Crippen LogP contribution in [0, 0.1) is 17.3 Å². The molecule has 1 aromatic carbocycles. The van der Waals surface area contributed by atoms with Crippen molar-refractivity contribution in [1.82, 2.24) is 0 Å². The predicted molar refractivity (Wildman–Crippen MR) is 69.5 cm³/mol. The van der Waals surface area contributed by atoms with Gasteiger partial charge in [-0.25, -0.2) is 0 Å². The molecule has 0 saturated heterocycles. The molecule has 1 aliphatic carbocycles. The summed E-state index contributed by atoms with van der Waals surface area (Å²) in [6.45, 7) is 3.97. The molecule has 1 saturated carbocycles. The van der Waals surface area contributed by atoms with E-state index in [4.69, 9.17) is 9.84 Å². The smallest absolute Gasteiger partial charge is 0.310 e. The number of hydrogen-bond donors (Lipinski definition) is 1. The van der Waals surface area contributed by atoms with Gasteiger partial charge in [-0.3, -0.25) is 9.59 Å². The zero-order valence-electron chi connectivity index (χ0n) is 11.1.